The number of thiazole rings is 1. The molecule has 3 aromatic rings. The number of nitrogens with zero attached hydrogens (tertiary/aromatic N) is 3. The molecule has 30 heavy (non-hydrogen) atoms. The Bertz CT molecular complexity index is 1070. The number of rotatable bonds is 5. The number of carbonyl (C=O) groups excluding carboxylic acids is 1. The fourth-order valence-corrected chi connectivity index (χ4v) is 5.10. The van der Waals surface area contributed by atoms with Crippen molar-refractivity contribution in [1.82, 2.24) is 9.88 Å². The van der Waals surface area contributed by atoms with E-state index in [1.807, 2.05) is 36.9 Å². The first-order valence-corrected chi connectivity index (χ1v) is 11.3. The summed E-state index contributed by atoms with van der Waals surface area (Å²) < 4.78 is 6.60. The smallest absolute Gasteiger partial charge is 0.260 e. The molecule has 0 atom stereocenters. The first-order chi connectivity index (χ1) is 14.4. The molecule has 158 valence electrons. The number of benzene rings is 2. The van der Waals surface area contributed by atoms with Crippen molar-refractivity contribution in [3.05, 3.63) is 58.1 Å². The van der Waals surface area contributed by atoms with Crippen molar-refractivity contribution in [3.63, 3.8) is 0 Å². The molecule has 0 spiro atoms. The summed E-state index contributed by atoms with van der Waals surface area (Å²) in [6, 6.07) is 10.4. The Morgan fingerprint density at radius 2 is 1.83 bits per heavy atom. The standard InChI is InChI=1S/C24H29N3O2S/c1-16-5-6-18(3)20(14-16)23(28)27(8-7-26-9-11-29-12-10-26)24-25-22-19(4)13-17(2)15-21(22)30-24/h5-6,13-15H,7-12H2,1-4H3. The summed E-state index contributed by atoms with van der Waals surface area (Å²) in [7, 11) is 0. The fourth-order valence-electron chi connectivity index (χ4n) is 3.94. The molecule has 0 aliphatic carbocycles. The van der Waals surface area contributed by atoms with Gasteiger partial charge in [0.15, 0.2) is 5.13 Å². The molecule has 6 heteroatoms. The highest BCUT2D eigenvalue weighted by molar-refractivity contribution is 7.22. The van der Waals surface area contributed by atoms with Gasteiger partial charge in [-0.1, -0.05) is 35.1 Å². The lowest BCUT2D eigenvalue weighted by molar-refractivity contribution is 0.0391. The molecule has 0 unspecified atom stereocenters. The highest BCUT2D eigenvalue weighted by Crippen LogP contribution is 2.32. The van der Waals surface area contributed by atoms with E-state index < -0.39 is 0 Å². The van der Waals surface area contributed by atoms with Crippen LogP contribution in [-0.2, 0) is 4.74 Å². The Hall–Kier alpha value is -2.28. The van der Waals surface area contributed by atoms with E-state index in [2.05, 4.69) is 30.9 Å². The van der Waals surface area contributed by atoms with Gasteiger partial charge in [0.1, 0.15) is 0 Å². The largest absolute Gasteiger partial charge is 0.379 e. The minimum absolute atomic E-state index is 0.0258. The van der Waals surface area contributed by atoms with Crippen LogP contribution in [0.2, 0.25) is 0 Å². The molecule has 1 amide bonds. The van der Waals surface area contributed by atoms with E-state index in [-0.39, 0.29) is 5.91 Å². The fraction of sp³-hybridized carbons (Fsp3) is 0.417. The minimum Gasteiger partial charge on any atom is -0.379 e. The molecule has 4 rings (SSSR count). The van der Waals surface area contributed by atoms with Crippen LogP contribution in [0.15, 0.2) is 30.3 Å². The molecule has 1 aliphatic heterocycles. The minimum atomic E-state index is 0.0258. The number of hydrogen-bond acceptors (Lipinski definition) is 5. The van der Waals surface area contributed by atoms with Crippen LogP contribution in [0, 0.1) is 27.7 Å². The molecule has 1 saturated heterocycles. The SMILES string of the molecule is Cc1ccc(C)c(C(=O)N(CCN2CCOCC2)c2nc3c(C)cc(C)cc3s2)c1. The van der Waals surface area contributed by atoms with Crippen LogP contribution in [0.3, 0.4) is 0 Å². The third kappa shape index (κ3) is 4.41. The van der Waals surface area contributed by atoms with Gasteiger partial charge in [0.25, 0.3) is 5.91 Å². The highest BCUT2D eigenvalue weighted by Gasteiger charge is 2.24. The maximum Gasteiger partial charge on any atom is 0.260 e. The van der Waals surface area contributed by atoms with Gasteiger partial charge in [0, 0.05) is 31.7 Å². The Balaban J connectivity index is 1.70. The maximum absolute atomic E-state index is 13.7. The zero-order valence-electron chi connectivity index (χ0n) is 18.2. The number of aryl methyl sites for hydroxylation is 4. The second-order valence-electron chi connectivity index (χ2n) is 8.15. The Morgan fingerprint density at radius 3 is 2.60 bits per heavy atom. The van der Waals surface area contributed by atoms with Crippen molar-refractivity contribution >= 4 is 32.6 Å². The normalized spacial score (nSPS) is 14.9. The molecule has 1 aromatic heterocycles. The predicted octanol–water partition coefficient (Wildman–Crippen LogP) is 4.51. The van der Waals surface area contributed by atoms with Gasteiger partial charge in [-0.2, -0.15) is 0 Å². The van der Waals surface area contributed by atoms with Crippen molar-refractivity contribution in [1.29, 1.82) is 0 Å². The summed E-state index contributed by atoms with van der Waals surface area (Å²) >= 11 is 1.60. The van der Waals surface area contributed by atoms with Crippen molar-refractivity contribution in [2.45, 2.75) is 27.7 Å². The Kier molecular flexibility index (Phi) is 6.18. The van der Waals surface area contributed by atoms with Gasteiger partial charge in [-0.15, -0.1) is 0 Å². The molecule has 0 saturated carbocycles. The van der Waals surface area contributed by atoms with Crippen LogP contribution in [0.25, 0.3) is 10.2 Å². The van der Waals surface area contributed by atoms with Gasteiger partial charge >= 0.3 is 0 Å². The number of amides is 1. The second-order valence-corrected chi connectivity index (χ2v) is 9.16. The van der Waals surface area contributed by atoms with E-state index >= 15 is 0 Å². The third-order valence-corrected chi connectivity index (χ3v) is 6.69. The Morgan fingerprint density at radius 1 is 1.07 bits per heavy atom. The van der Waals surface area contributed by atoms with Crippen molar-refractivity contribution in [2.75, 3.05) is 44.3 Å². The van der Waals surface area contributed by atoms with Crippen LogP contribution in [0.1, 0.15) is 32.6 Å². The first kappa shape index (κ1) is 21.0. The molecule has 1 fully saturated rings. The quantitative estimate of drug-likeness (QED) is 0.606. The van der Waals surface area contributed by atoms with Gasteiger partial charge in [-0.05, 0) is 56.5 Å². The lowest BCUT2D eigenvalue weighted by atomic mass is 10.0. The molecular formula is C24H29N3O2S. The van der Waals surface area contributed by atoms with E-state index in [0.29, 0.717) is 6.54 Å². The van der Waals surface area contributed by atoms with Gasteiger partial charge in [0.05, 0.1) is 23.4 Å². The lowest BCUT2D eigenvalue weighted by Crippen LogP contribution is -2.43. The van der Waals surface area contributed by atoms with Crippen LogP contribution < -0.4 is 4.90 Å². The Labute approximate surface area is 182 Å². The van der Waals surface area contributed by atoms with E-state index in [9.17, 15) is 4.79 Å². The summed E-state index contributed by atoms with van der Waals surface area (Å²) in [4.78, 5) is 22.8. The maximum atomic E-state index is 13.7. The average molecular weight is 424 g/mol. The number of ether oxygens (including phenoxy) is 1. The summed E-state index contributed by atoms with van der Waals surface area (Å²) in [6.07, 6.45) is 0. The molecular weight excluding hydrogens is 394 g/mol. The number of morpholine rings is 1. The van der Waals surface area contributed by atoms with Crippen LogP contribution in [-0.4, -0.2) is 55.2 Å². The second kappa shape index (κ2) is 8.84. The summed E-state index contributed by atoms with van der Waals surface area (Å²) in [6.45, 7) is 13.0. The van der Waals surface area contributed by atoms with Gasteiger partial charge in [-0.3, -0.25) is 14.6 Å². The van der Waals surface area contributed by atoms with Crippen LogP contribution in [0.4, 0.5) is 5.13 Å². The topological polar surface area (TPSA) is 45.7 Å². The summed E-state index contributed by atoms with van der Waals surface area (Å²) in [5.74, 6) is 0.0258. The molecule has 0 bridgehead atoms. The highest BCUT2D eigenvalue weighted by atomic mass is 32.1. The lowest BCUT2D eigenvalue weighted by Gasteiger charge is -2.29. The molecule has 0 N–H and O–H groups in total. The van der Waals surface area contributed by atoms with Gasteiger partial charge in [-0.25, -0.2) is 4.98 Å². The molecule has 5 nitrogen and oxygen atoms in total. The van der Waals surface area contributed by atoms with Crippen LogP contribution >= 0.6 is 11.3 Å². The first-order valence-electron chi connectivity index (χ1n) is 10.5. The van der Waals surface area contributed by atoms with Crippen molar-refractivity contribution in [2.24, 2.45) is 0 Å². The molecule has 2 heterocycles. The third-order valence-electron chi connectivity index (χ3n) is 5.66. The van der Waals surface area contributed by atoms with Gasteiger partial charge < -0.3 is 4.74 Å². The van der Waals surface area contributed by atoms with E-state index in [4.69, 9.17) is 9.72 Å². The zero-order chi connectivity index (χ0) is 21.3. The summed E-state index contributed by atoms with van der Waals surface area (Å²) in [5.41, 5.74) is 6.20. The van der Waals surface area contributed by atoms with Gasteiger partial charge in [0.2, 0.25) is 0 Å². The number of anilines is 1. The van der Waals surface area contributed by atoms with E-state index in [1.54, 1.807) is 11.3 Å². The zero-order valence-corrected chi connectivity index (χ0v) is 19.0. The summed E-state index contributed by atoms with van der Waals surface area (Å²) in [5, 5.41) is 0.776. The number of carbonyl (C=O) groups is 1. The molecule has 0 radical (unpaired) electrons. The monoisotopic (exact) mass is 423 g/mol. The molecule has 1 aliphatic rings. The molecule has 2 aromatic carbocycles. The predicted molar refractivity (Wildman–Crippen MR) is 124 cm³/mol. The van der Waals surface area contributed by atoms with Crippen LogP contribution in [0.5, 0.6) is 0 Å². The number of hydrogen-bond donors (Lipinski definition) is 0. The number of fused-ring (bicyclic) bond motifs is 1. The van der Waals surface area contributed by atoms with E-state index in [1.165, 1.54) is 5.56 Å². The van der Waals surface area contributed by atoms with Crippen molar-refractivity contribution < 1.29 is 9.53 Å². The van der Waals surface area contributed by atoms with E-state index in [0.717, 1.165) is 70.5 Å². The average Bonchev–Trinajstić information content (AvgIpc) is 3.14. The van der Waals surface area contributed by atoms with Crippen molar-refractivity contribution in [3.8, 4) is 0 Å². The number of aromatic nitrogens is 1.